The molecule has 0 aliphatic heterocycles. The lowest BCUT2D eigenvalue weighted by molar-refractivity contribution is -0.192. The van der Waals surface area contributed by atoms with E-state index >= 15 is 0 Å². The number of nitrogens with two attached hydrogens (primary N) is 1. The Morgan fingerprint density at radius 2 is 1.68 bits per heavy atom. The Morgan fingerprint density at radius 1 is 1.07 bits per heavy atom. The summed E-state index contributed by atoms with van der Waals surface area (Å²) in [6, 6.07) is 11.0. The van der Waals surface area contributed by atoms with Crippen LogP contribution < -0.4 is 11.3 Å². The average molecular weight is 614 g/mol. The molecule has 0 aliphatic carbocycles. The second-order valence-electron chi connectivity index (χ2n) is 8.87. The Balaban J connectivity index is 0.000000587. The number of rotatable bonds is 8. The first-order valence-corrected chi connectivity index (χ1v) is 13.3. The number of carbonyl (C=O) groups is 2. The van der Waals surface area contributed by atoms with Gasteiger partial charge in [-0.25, -0.2) is 9.78 Å². The molecular weight excluding hydrogens is 586 g/mol. The summed E-state index contributed by atoms with van der Waals surface area (Å²) in [5.41, 5.74) is 8.50. The third-order valence-corrected chi connectivity index (χ3v) is 7.00. The van der Waals surface area contributed by atoms with Crippen LogP contribution in [-0.4, -0.2) is 61.8 Å². The fraction of sp³-hybridized carbons (Fsp3) is 0.333. The van der Waals surface area contributed by atoms with E-state index in [1.54, 1.807) is 21.6 Å². The SMILES string of the molecule is CCN(CC)C(=O)Cn1cc(-c2nc3cc(Cl)c(Cl)cc3n(CCCN)c2=O)c2ccccc21.O=C(O)C(F)(F)F. The van der Waals surface area contributed by atoms with Gasteiger partial charge in [-0.3, -0.25) is 9.59 Å². The third-order valence-electron chi connectivity index (χ3n) is 6.28. The average Bonchev–Trinajstić information content (AvgIpc) is 3.27. The van der Waals surface area contributed by atoms with E-state index in [2.05, 4.69) is 0 Å². The summed E-state index contributed by atoms with van der Waals surface area (Å²) in [5.74, 6) is -2.74. The third kappa shape index (κ3) is 7.19. The van der Waals surface area contributed by atoms with Crippen LogP contribution in [0.25, 0.3) is 33.2 Å². The highest BCUT2D eigenvalue weighted by Crippen LogP contribution is 2.31. The minimum absolute atomic E-state index is 0.0190. The molecule has 0 fully saturated rings. The molecule has 3 N–H and O–H groups in total. The fourth-order valence-electron chi connectivity index (χ4n) is 4.27. The van der Waals surface area contributed by atoms with E-state index in [0.29, 0.717) is 64.9 Å². The Hall–Kier alpha value is -3.61. The van der Waals surface area contributed by atoms with Gasteiger partial charge in [-0.15, -0.1) is 0 Å². The number of carboxylic acids is 1. The molecule has 0 saturated heterocycles. The van der Waals surface area contributed by atoms with Gasteiger partial charge in [-0.05, 0) is 45.0 Å². The number of aliphatic carboxylic acids is 1. The second-order valence-corrected chi connectivity index (χ2v) is 9.69. The zero-order chi connectivity index (χ0) is 30.5. The van der Waals surface area contributed by atoms with Crippen molar-refractivity contribution in [1.29, 1.82) is 0 Å². The highest BCUT2D eigenvalue weighted by Gasteiger charge is 2.38. The quantitative estimate of drug-likeness (QED) is 0.282. The number of likely N-dealkylation sites (N-methyl/N-ethyl adjacent to an activating group) is 1. The summed E-state index contributed by atoms with van der Waals surface area (Å²) < 4.78 is 35.3. The number of nitrogens with zero attached hydrogens (tertiary/aromatic N) is 4. The van der Waals surface area contributed by atoms with Gasteiger partial charge in [0.25, 0.3) is 5.56 Å². The first-order valence-electron chi connectivity index (χ1n) is 12.6. The number of alkyl halides is 3. The topological polar surface area (TPSA) is 123 Å². The summed E-state index contributed by atoms with van der Waals surface area (Å²) in [5, 5.41) is 8.70. The van der Waals surface area contributed by atoms with Crippen molar-refractivity contribution in [3.05, 3.63) is 63.0 Å². The molecule has 0 aliphatic rings. The summed E-state index contributed by atoms with van der Waals surface area (Å²) in [6.07, 6.45) is -2.62. The van der Waals surface area contributed by atoms with Gasteiger partial charge in [0.05, 0.1) is 21.1 Å². The largest absolute Gasteiger partial charge is 0.490 e. The van der Waals surface area contributed by atoms with Crippen LogP contribution in [0.5, 0.6) is 0 Å². The zero-order valence-corrected chi connectivity index (χ0v) is 23.7. The zero-order valence-electron chi connectivity index (χ0n) is 22.2. The van der Waals surface area contributed by atoms with E-state index < -0.39 is 12.1 Å². The van der Waals surface area contributed by atoms with Gasteiger partial charge in [0.1, 0.15) is 12.2 Å². The van der Waals surface area contributed by atoms with E-state index in [1.807, 2.05) is 48.9 Å². The van der Waals surface area contributed by atoms with Gasteiger partial charge in [-0.2, -0.15) is 13.2 Å². The molecule has 4 rings (SSSR count). The molecule has 2 aromatic heterocycles. The molecule has 220 valence electrons. The summed E-state index contributed by atoms with van der Waals surface area (Å²) in [4.78, 5) is 41.9. The number of carboxylic acid groups (broad SMARTS) is 1. The maximum atomic E-state index is 13.7. The van der Waals surface area contributed by atoms with Crippen molar-refractivity contribution in [3.8, 4) is 11.3 Å². The number of amides is 1. The molecule has 4 aromatic rings. The van der Waals surface area contributed by atoms with Crippen LogP contribution in [-0.2, 0) is 22.7 Å². The van der Waals surface area contributed by atoms with Gasteiger partial charge in [0.15, 0.2) is 0 Å². The van der Waals surface area contributed by atoms with E-state index in [1.165, 1.54) is 0 Å². The fourth-order valence-corrected chi connectivity index (χ4v) is 4.59. The van der Waals surface area contributed by atoms with Crippen LogP contribution in [0.4, 0.5) is 13.2 Å². The first kappa shape index (κ1) is 31.9. The van der Waals surface area contributed by atoms with Crippen molar-refractivity contribution in [2.75, 3.05) is 19.6 Å². The van der Waals surface area contributed by atoms with Gasteiger partial charge in [0, 0.05) is 42.3 Å². The molecular formula is C27H28Cl2F3N5O4. The Labute approximate surface area is 242 Å². The Kier molecular flexibility index (Phi) is 10.4. The molecule has 9 nitrogen and oxygen atoms in total. The number of aromatic nitrogens is 3. The van der Waals surface area contributed by atoms with Gasteiger partial charge in [-0.1, -0.05) is 41.4 Å². The maximum absolute atomic E-state index is 13.7. The van der Waals surface area contributed by atoms with Crippen LogP contribution in [0, 0.1) is 0 Å². The van der Waals surface area contributed by atoms with E-state index in [4.69, 9.17) is 43.8 Å². The second kappa shape index (κ2) is 13.4. The summed E-state index contributed by atoms with van der Waals surface area (Å²) in [6.45, 7) is 6.25. The lowest BCUT2D eigenvalue weighted by Crippen LogP contribution is -2.33. The molecule has 0 saturated carbocycles. The van der Waals surface area contributed by atoms with E-state index in [0.717, 1.165) is 10.9 Å². The Morgan fingerprint density at radius 3 is 2.27 bits per heavy atom. The Bertz CT molecular complexity index is 1630. The van der Waals surface area contributed by atoms with Crippen LogP contribution >= 0.6 is 23.2 Å². The molecule has 0 bridgehead atoms. The van der Waals surface area contributed by atoms with Crippen LogP contribution in [0.3, 0.4) is 0 Å². The predicted molar refractivity (Wildman–Crippen MR) is 152 cm³/mol. The number of halogens is 5. The molecule has 1 amide bonds. The number of fused-ring (bicyclic) bond motifs is 2. The van der Waals surface area contributed by atoms with Crippen molar-refractivity contribution in [2.45, 2.75) is 39.5 Å². The highest BCUT2D eigenvalue weighted by atomic mass is 35.5. The summed E-state index contributed by atoms with van der Waals surface area (Å²) in [7, 11) is 0. The molecule has 0 unspecified atom stereocenters. The van der Waals surface area contributed by atoms with Crippen molar-refractivity contribution >= 4 is 57.0 Å². The molecule has 2 heterocycles. The van der Waals surface area contributed by atoms with Crippen LogP contribution in [0.1, 0.15) is 20.3 Å². The van der Waals surface area contributed by atoms with Crippen molar-refractivity contribution in [2.24, 2.45) is 5.73 Å². The minimum Gasteiger partial charge on any atom is -0.475 e. The first-order chi connectivity index (χ1) is 19.3. The molecule has 0 spiro atoms. The number of hydrogen-bond donors (Lipinski definition) is 2. The molecule has 2 aromatic carbocycles. The molecule has 0 atom stereocenters. The molecule has 0 radical (unpaired) electrons. The smallest absolute Gasteiger partial charge is 0.475 e. The lowest BCUT2D eigenvalue weighted by Gasteiger charge is -2.19. The number of aryl methyl sites for hydroxylation is 1. The van der Waals surface area contributed by atoms with Crippen LogP contribution in [0.15, 0.2) is 47.4 Å². The minimum atomic E-state index is -5.08. The van der Waals surface area contributed by atoms with Crippen LogP contribution in [0.2, 0.25) is 10.0 Å². The van der Waals surface area contributed by atoms with Gasteiger partial charge >= 0.3 is 12.1 Å². The molecule has 41 heavy (non-hydrogen) atoms. The number of carbonyl (C=O) groups excluding carboxylic acids is 1. The maximum Gasteiger partial charge on any atom is 0.490 e. The number of para-hydroxylation sites is 1. The molecule has 14 heteroatoms. The lowest BCUT2D eigenvalue weighted by atomic mass is 10.1. The summed E-state index contributed by atoms with van der Waals surface area (Å²) >= 11 is 12.5. The number of benzene rings is 2. The number of hydrogen-bond acceptors (Lipinski definition) is 5. The monoisotopic (exact) mass is 613 g/mol. The van der Waals surface area contributed by atoms with Crippen molar-refractivity contribution in [3.63, 3.8) is 0 Å². The highest BCUT2D eigenvalue weighted by molar-refractivity contribution is 6.42. The predicted octanol–water partition coefficient (Wildman–Crippen LogP) is 5.18. The standard InChI is InChI=1S/C25H27Cl2N5O2.C2HF3O2/c1-3-30(4-2)23(33)15-31-14-17(16-8-5-6-9-21(16)31)24-25(34)32(11-7-10-28)22-13-19(27)18(26)12-20(22)29-24;3-2(4,5)1(6)7/h5-6,8-9,12-14H,3-4,7,10-11,15,28H2,1-2H3;(H,6,7). The van der Waals surface area contributed by atoms with Crippen molar-refractivity contribution in [1.82, 2.24) is 19.0 Å². The van der Waals surface area contributed by atoms with E-state index in [-0.39, 0.29) is 18.0 Å². The normalized spacial score (nSPS) is 11.4. The van der Waals surface area contributed by atoms with Gasteiger partial charge in [0.2, 0.25) is 5.91 Å². The van der Waals surface area contributed by atoms with E-state index in [9.17, 15) is 22.8 Å². The van der Waals surface area contributed by atoms with Gasteiger partial charge < -0.3 is 24.9 Å². The van der Waals surface area contributed by atoms with Crippen molar-refractivity contribution < 1.29 is 27.9 Å².